The van der Waals surface area contributed by atoms with Gasteiger partial charge < -0.3 is 20.7 Å². The van der Waals surface area contributed by atoms with Crippen molar-refractivity contribution in [3.05, 3.63) is 41.3 Å². The molecule has 1 aromatic carbocycles. The second kappa shape index (κ2) is 7.01. The van der Waals surface area contributed by atoms with Crippen LogP contribution in [-0.2, 0) is 10.5 Å². The van der Waals surface area contributed by atoms with Crippen LogP contribution in [0.5, 0.6) is 5.75 Å². The number of primary amides is 1. The molecule has 0 saturated heterocycles. The van der Waals surface area contributed by atoms with Crippen molar-refractivity contribution in [2.75, 3.05) is 7.11 Å². The second-order valence-electron chi connectivity index (χ2n) is 3.49. The van der Waals surface area contributed by atoms with Gasteiger partial charge in [-0.1, -0.05) is 24.4 Å². The molecular weight excluding hydrogens is 286 g/mol. The Morgan fingerprint density at radius 3 is 2.37 bits per heavy atom. The number of nitrogens with two attached hydrogens (primary N) is 1. The van der Waals surface area contributed by atoms with E-state index in [1.54, 1.807) is 19.2 Å². The molecule has 4 N–H and O–H groups in total. The molecule has 5 nitrogen and oxygen atoms in total. The normalized spacial score (nSPS) is 9.74. The lowest BCUT2D eigenvalue weighted by molar-refractivity contribution is -0.114. The van der Waals surface area contributed by atoms with Gasteiger partial charge in [0.1, 0.15) is 11.3 Å². The minimum Gasteiger partial charge on any atom is -0.497 e. The maximum absolute atomic E-state index is 11.0. The van der Waals surface area contributed by atoms with Gasteiger partial charge in [0.15, 0.2) is 0 Å². The molecule has 19 heavy (non-hydrogen) atoms. The maximum Gasteiger partial charge on any atom is 0.289 e. The zero-order chi connectivity index (χ0) is 14.4. The highest BCUT2D eigenvalue weighted by atomic mass is 32.2. The fourth-order valence-electron chi connectivity index (χ4n) is 1.24. The summed E-state index contributed by atoms with van der Waals surface area (Å²) in [7, 11) is 1.58. The highest BCUT2D eigenvalue weighted by Gasteiger charge is 2.18. The third kappa shape index (κ3) is 4.46. The van der Waals surface area contributed by atoms with E-state index in [2.05, 4.69) is 0 Å². The fourth-order valence-corrected chi connectivity index (χ4v) is 2.44. The van der Waals surface area contributed by atoms with Gasteiger partial charge >= 0.3 is 0 Å². The van der Waals surface area contributed by atoms with Crippen LogP contribution in [0.4, 0.5) is 0 Å². The van der Waals surface area contributed by atoms with Crippen molar-refractivity contribution >= 4 is 34.1 Å². The highest BCUT2D eigenvalue weighted by Crippen LogP contribution is 2.21. The number of amides is 1. The van der Waals surface area contributed by atoms with Gasteiger partial charge in [0.25, 0.3) is 11.9 Å². The van der Waals surface area contributed by atoms with Crippen LogP contribution in [0.1, 0.15) is 5.56 Å². The Morgan fingerprint density at radius 2 is 1.95 bits per heavy atom. The molecule has 1 rings (SSSR count). The molecule has 0 heterocycles. The lowest BCUT2D eigenvalue weighted by Crippen LogP contribution is -2.20. The summed E-state index contributed by atoms with van der Waals surface area (Å²) in [4.78, 5) is 11.0. The largest absolute Gasteiger partial charge is 0.497 e. The van der Waals surface area contributed by atoms with Crippen LogP contribution in [-0.4, -0.2) is 27.4 Å². The number of aliphatic hydroxyl groups excluding tert-OH is 1. The molecule has 0 spiro atoms. The van der Waals surface area contributed by atoms with E-state index in [-0.39, 0.29) is 4.20 Å². The SMILES string of the molecule is COc1ccc(CSC(=S)C(C(N)=O)=C(O)O)cc1. The van der Waals surface area contributed by atoms with E-state index in [9.17, 15) is 4.79 Å². The van der Waals surface area contributed by atoms with Gasteiger partial charge in [-0.05, 0) is 17.7 Å². The van der Waals surface area contributed by atoms with Crippen LogP contribution in [0.15, 0.2) is 35.8 Å². The van der Waals surface area contributed by atoms with Crippen molar-refractivity contribution in [3.8, 4) is 5.75 Å². The molecule has 0 aliphatic heterocycles. The average molecular weight is 299 g/mol. The third-order valence-electron chi connectivity index (χ3n) is 2.20. The molecule has 0 atom stereocenters. The Balaban J connectivity index is 2.68. The number of carbonyl (C=O) groups is 1. The van der Waals surface area contributed by atoms with Crippen molar-refractivity contribution in [2.24, 2.45) is 5.73 Å². The molecule has 7 heteroatoms. The molecule has 0 aliphatic carbocycles. The summed E-state index contributed by atoms with van der Waals surface area (Å²) in [6, 6.07) is 7.29. The van der Waals surface area contributed by atoms with Gasteiger partial charge in [-0.15, -0.1) is 11.8 Å². The molecular formula is C12H13NO4S2. The minimum atomic E-state index is -1.15. The highest BCUT2D eigenvalue weighted by molar-refractivity contribution is 8.23. The second-order valence-corrected chi connectivity index (χ2v) is 5.14. The molecule has 0 radical (unpaired) electrons. The quantitative estimate of drug-likeness (QED) is 0.438. The maximum atomic E-state index is 11.0. The number of benzene rings is 1. The van der Waals surface area contributed by atoms with Crippen LogP contribution in [0.3, 0.4) is 0 Å². The van der Waals surface area contributed by atoms with Gasteiger partial charge in [-0.3, -0.25) is 4.79 Å². The Labute approximate surface area is 120 Å². The number of hydrogen-bond acceptors (Lipinski definition) is 6. The Morgan fingerprint density at radius 1 is 1.37 bits per heavy atom. The van der Waals surface area contributed by atoms with E-state index >= 15 is 0 Å². The van der Waals surface area contributed by atoms with E-state index < -0.39 is 17.4 Å². The van der Waals surface area contributed by atoms with Gasteiger partial charge in [0.2, 0.25) is 0 Å². The first-order valence-corrected chi connectivity index (χ1v) is 6.57. The van der Waals surface area contributed by atoms with Crippen molar-refractivity contribution in [2.45, 2.75) is 5.75 Å². The Hall–Kier alpha value is -1.73. The predicted molar refractivity (Wildman–Crippen MR) is 78.4 cm³/mol. The first-order valence-electron chi connectivity index (χ1n) is 5.17. The average Bonchev–Trinajstić information content (AvgIpc) is 2.36. The Bertz CT molecular complexity index is 507. The monoisotopic (exact) mass is 299 g/mol. The lowest BCUT2D eigenvalue weighted by Gasteiger charge is -2.06. The van der Waals surface area contributed by atoms with Crippen molar-refractivity contribution in [3.63, 3.8) is 0 Å². The smallest absolute Gasteiger partial charge is 0.289 e. The summed E-state index contributed by atoms with van der Waals surface area (Å²) in [5.74, 6) is -0.901. The number of thiocarbonyl (C=S) groups is 1. The molecule has 102 valence electrons. The van der Waals surface area contributed by atoms with E-state index in [1.165, 1.54) is 0 Å². The molecule has 0 aromatic heterocycles. The number of thioether (sulfide) groups is 1. The molecule has 0 unspecified atom stereocenters. The number of methoxy groups -OCH3 is 1. The topological polar surface area (TPSA) is 92.8 Å². The van der Waals surface area contributed by atoms with Crippen LogP contribution in [0.2, 0.25) is 0 Å². The van der Waals surface area contributed by atoms with Crippen LogP contribution < -0.4 is 10.5 Å². The van der Waals surface area contributed by atoms with Crippen LogP contribution in [0, 0.1) is 0 Å². The van der Waals surface area contributed by atoms with E-state index in [4.69, 9.17) is 32.9 Å². The standard InChI is InChI=1S/C12H13NO4S2/c1-17-8-4-2-7(3-5-8)6-19-12(18)9(10(13)14)11(15)16/h2-5,15-16H,6H2,1H3,(H2,13,14). The van der Waals surface area contributed by atoms with Gasteiger partial charge in [0, 0.05) is 5.75 Å². The molecule has 0 bridgehead atoms. The van der Waals surface area contributed by atoms with E-state index in [0.717, 1.165) is 23.1 Å². The Kier molecular flexibility index (Phi) is 5.65. The number of rotatable bonds is 5. The van der Waals surface area contributed by atoms with Crippen LogP contribution >= 0.6 is 24.0 Å². The molecule has 0 saturated carbocycles. The number of aliphatic hydroxyl groups is 2. The van der Waals surface area contributed by atoms with Gasteiger partial charge in [0.05, 0.1) is 11.3 Å². The molecule has 1 aromatic rings. The summed E-state index contributed by atoms with van der Waals surface area (Å²) in [6.07, 6.45) is 0. The predicted octanol–water partition coefficient (Wildman–Crippen LogP) is 2.07. The number of carbonyl (C=O) groups excluding carboxylic acids is 1. The summed E-state index contributed by atoms with van der Waals surface area (Å²) in [5, 5.41) is 17.9. The lowest BCUT2D eigenvalue weighted by atomic mass is 10.2. The van der Waals surface area contributed by atoms with Crippen molar-refractivity contribution < 1.29 is 19.7 Å². The zero-order valence-electron chi connectivity index (χ0n) is 10.1. The van der Waals surface area contributed by atoms with E-state index in [1.807, 2.05) is 12.1 Å². The molecule has 1 amide bonds. The van der Waals surface area contributed by atoms with Gasteiger partial charge in [-0.2, -0.15) is 0 Å². The van der Waals surface area contributed by atoms with Gasteiger partial charge in [-0.25, -0.2) is 0 Å². The number of hydrogen-bond donors (Lipinski definition) is 3. The van der Waals surface area contributed by atoms with Crippen LogP contribution in [0.25, 0.3) is 0 Å². The third-order valence-corrected chi connectivity index (χ3v) is 3.70. The summed E-state index contributed by atoms with van der Waals surface area (Å²) in [6.45, 7) is 0. The summed E-state index contributed by atoms with van der Waals surface area (Å²) in [5.41, 5.74) is 5.53. The zero-order valence-corrected chi connectivity index (χ0v) is 11.8. The number of ether oxygens (including phenoxy) is 1. The first-order chi connectivity index (χ1) is 8.95. The summed E-state index contributed by atoms with van der Waals surface area (Å²) < 4.78 is 5.07. The minimum absolute atomic E-state index is 0.0447. The first kappa shape index (κ1) is 15.3. The fraction of sp³-hybridized carbons (Fsp3) is 0.167. The van der Waals surface area contributed by atoms with Crippen molar-refractivity contribution in [1.82, 2.24) is 0 Å². The van der Waals surface area contributed by atoms with Crippen molar-refractivity contribution in [1.29, 1.82) is 0 Å². The summed E-state index contributed by atoms with van der Waals surface area (Å²) >= 11 is 6.05. The molecule has 0 aliphatic rings. The van der Waals surface area contributed by atoms with E-state index in [0.29, 0.717) is 5.75 Å². The molecule has 0 fully saturated rings.